The predicted molar refractivity (Wildman–Crippen MR) is 73.7 cm³/mol. The number of aliphatic carboxylic acids is 2. The number of halogens is 2. The molecule has 0 atom stereocenters. The van der Waals surface area contributed by atoms with Crippen LogP contribution < -0.4 is 0 Å². The molecule has 6 nitrogen and oxygen atoms in total. The monoisotopic (exact) mass is 324 g/mol. The van der Waals surface area contributed by atoms with Crippen LogP contribution in [0.4, 0.5) is 0 Å². The number of carbonyl (C=O) groups excluding carboxylic acids is 2. The van der Waals surface area contributed by atoms with Gasteiger partial charge >= 0.3 is 11.9 Å². The van der Waals surface area contributed by atoms with Crippen molar-refractivity contribution >= 4 is 45.6 Å². The standard InChI is InChI=1S/C6H6Cl2O2.C6H8O4/c7-5(9)3-1-2-4-6(8)10;7-5(8)3-1-2-4-6(9)10/h1-2H,3-4H2;1-2H,3-4H2,(H,7,8)(H,9,10)/b2*2-1+. The van der Waals surface area contributed by atoms with Crippen LogP contribution in [-0.2, 0) is 19.2 Å². The molecule has 0 radical (unpaired) electrons. The average Bonchev–Trinajstić information content (AvgIpc) is 2.30. The molecule has 0 spiro atoms. The molecule has 0 heterocycles. The fourth-order valence-electron chi connectivity index (χ4n) is 0.720. The highest BCUT2D eigenvalue weighted by molar-refractivity contribution is 6.64. The van der Waals surface area contributed by atoms with E-state index in [0.29, 0.717) is 0 Å². The van der Waals surface area contributed by atoms with Crippen molar-refractivity contribution in [3.05, 3.63) is 24.3 Å². The molecule has 20 heavy (non-hydrogen) atoms. The van der Waals surface area contributed by atoms with Crippen molar-refractivity contribution < 1.29 is 29.4 Å². The summed E-state index contributed by atoms with van der Waals surface area (Å²) in [5.74, 6) is -1.91. The lowest BCUT2D eigenvalue weighted by atomic mass is 10.3. The molecule has 0 rings (SSSR count). The van der Waals surface area contributed by atoms with Crippen LogP contribution in [0.15, 0.2) is 24.3 Å². The number of carboxylic acid groups (broad SMARTS) is 2. The molecule has 0 aromatic heterocycles. The molecule has 0 bridgehead atoms. The number of hydrogen-bond donors (Lipinski definition) is 2. The fraction of sp³-hybridized carbons (Fsp3) is 0.333. The minimum atomic E-state index is -0.957. The highest BCUT2D eigenvalue weighted by Gasteiger charge is 1.92. The Bertz CT molecular complexity index is 327. The molecule has 0 saturated heterocycles. The summed E-state index contributed by atoms with van der Waals surface area (Å²) in [4.78, 5) is 39.9. The SMILES string of the molecule is O=C(Cl)C/C=C/CC(=O)Cl.O=C(O)C/C=C/CC(=O)O. The molecular formula is C12H14Cl2O6. The van der Waals surface area contributed by atoms with Gasteiger partial charge in [-0.3, -0.25) is 19.2 Å². The van der Waals surface area contributed by atoms with E-state index in [2.05, 4.69) is 0 Å². The van der Waals surface area contributed by atoms with E-state index in [4.69, 9.17) is 33.4 Å². The van der Waals surface area contributed by atoms with E-state index in [1.54, 1.807) is 0 Å². The van der Waals surface area contributed by atoms with E-state index in [1.165, 1.54) is 24.3 Å². The first-order valence-corrected chi connectivity index (χ1v) is 6.11. The van der Waals surface area contributed by atoms with Crippen LogP contribution in [0.2, 0.25) is 0 Å². The van der Waals surface area contributed by atoms with Gasteiger partial charge in [0.1, 0.15) is 0 Å². The van der Waals surface area contributed by atoms with Gasteiger partial charge in [0.05, 0.1) is 12.8 Å². The third-order valence-electron chi connectivity index (χ3n) is 1.47. The van der Waals surface area contributed by atoms with Gasteiger partial charge in [0.2, 0.25) is 10.5 Å². The van der Waals surface area contributed by atoms with Gasteiger partial charge in [-0.1, -0.05) is 24.3 Å². The topological polar surface area (TPSA) is 109 Å². The zero-order valence-corrected chi connectivity index (χ0v) is 11.9. The first kappa shape index (κ1) is 20.7. The van der Waals surface area contributed by atoms with Crippen molar-refractivity contribution in [2.75, 3.05) is 0 Å². The van der Waals surface area contributed by atoms with E-state index in [1.807, 2.05) is 0 Å². The van der Waals surface area contributed by atoms with Crippen molar-refractivity contribution in [2.45, 2.75) is 25.7 Å². The average molecular weight is 325 g/mol. The van der Waals surface area contributed by atoms with Crippen LogP contribution in [0.25, 0.3) is 0 Å². The van der Waals surface area contributed by atoms with Gasteiger partial charge in [-0.25, -0.2) is 0 Å². The van der Waals surface area contributed by atoms with Gasteiger partial charge in [0, 0.05) is 12.8 Å². The Labute approximate surface area is 125 Å². The van der Waals surface area contributed by atoms with Crippen molar-refractivity contribution in [3.8, 4) is 0 Å². The zero-order valence-electron chi connectivity index (χ0n) is 10.4. The first-order valence-electron chi connectivity index (χ1n) is 5.36. The normalized spacial score (nSPS) is 10.1. The summed E-state index contributed by atoms with van der Waals surface area (Å²) in [6.45, 7) is 0. The summed E-state index contributed by atoms with van der Waals surface area (Å²) in [6.07, 6.45) is 5.70. The maximum absolute atomic E-state index is 10.1. The molecule has 0 aliphatic carbocycles. The van der Waals surface area contributed by atoms with E-state index >= 15 is 0 Å². The van der Waals surface area contributed by atoms with Crippen LogP contribution >= 0.6 is 23.2 Å². The van der Waals surface area contributed by atoms with Crippen molar-refractivity contribution in [1.82, 2.24) is 0 Å². The molecule has 8 heteroatoms. The summed E-state index contributed by atoms with van der Waals surface area (Å²) in [5, 5.41) is 15.3. The second kappa shape index (κ2) is 13.8. The largest absolute Gasteiger partial charge is 0.481 e. The van der Waals surface area contributed by atoms with Crippen LogP contribution in [-0.4, -0.2) is 32.6 Å². The van der Waals surface area contributed by atoms with Gasteiger partial charge < -0.3 is 10.2 Å². The van der Waals surface area contributed by atoms with Gasteiger partial charge in [0.25, 0.3) is 0 Å². The Morgan fingerprint density at radius 2 is 0.900 bits per heavy atom. The smallest absolute Gasteiger partial charge is 0.307 e. The molecule has 0 aliphatic rings. The Morgan fingerprint density at radius 3 is 1.10 bits per heavy atom. The van der Waals surface area contributed by atoms with Crippen molar-refractivity contribution in [1.29, 1.82) is 0 Å². The molecule has 2 N–H and O–H groups in total. The Hall–Kier alpha value is -1.66. The van der Waals surface area contributed by atoms with Crippen LogP contribution in [0.5, 0.6) is 0 Å². The number of carboxylic acids is 2. The molecule has 0 saturated carbocycles. The lowest BCUT2D eigenvalue weighted by Gasteiger charge is -1.83. The van der Waals surface area contributed by atoms with Gasteiger partial charge in [0.15, 0.2) is 0 Å². The molecule has 0 fully saturated rings. The molecule has 0 aromatic rings. The van der Waals surface area contributed by atoms with Crippen LogP contribution in [0.3, 0.4) is 0 Å². The number of rotatable bonds is 8. The lowest BCUT2D eigenvalue weighted by Crippen LogP contribution is -1.92. The summed E-state index contributed by atoms with van der Waals surface area (Å²) in [5.41, 5.74) is 0. The van der Waals surface area contributed by atoms with E-state index in [-0.39, 0.29) is 25.7 Å². The molecule has 0 amide bonds. The van der Waals surface area contributed by atoms with E-state index < -0.39 is 22.4 Å². The van der Waals surface area contributed by atoms with Crippen molar-refractivity contribution in [2.24, 2.45) is 0 Å². The number of carbonyl (C=O) groups is 4. The van der Waals surface area contributed by atoms with Gasteiger partial charge in [-0.15, -0.1) is 0 Å². The summed E-state index contributed by atoms with van der Waals surface area (Å²) < 4.78 is 0. The summed E-state index contributed by atoms with van der Waals surface area (Å²) in [6, 6.07) is 0. The summed E-state index contributed by atoms with van der Waals surface area (Å²) in [7, 11) is 0. The highest BCUT2D eigenvalue weighted by Crippen LogP contribution is 1.94. The lowest BCUT2D eigenvalue weighted by molar-refractivity contribution is -0.137. The van der Waals surface area contributed by atoms with Crippen molar-refractivity contribution in [3.63, 3.8) is 0 Å². The Kier molecular flexibility index (Phi) is 14.2. The minimum Gasteiger partial charge on any atom is -0.481 e. The maximum Gasteiger partial charge on any atom is 0.307 e. The zero-order chi connectivity index (χ0) is 16.0. The minimum absolute atomic E-state index is 0.118. The third-order valence-corrected chi connectivity index (χ3v) is 1.78. The second-order valence-corrected chi connectivity index (χ2v) is 4.10. The molecular weight excluding hydrogens is 311 g/mol. The maximum atomic E-state index is 10.1. The van der Waals surface area contributed by atoms with E-state index in [0.717, 1.165) is 0 Å². The highest BCUT2D eigenvalue weighted by atomic mass is 35.5. The Balaban J connectivity index is 0. The molecule has 112 valence electrons. The Morgan fingerprint density at radius 1 is 0.650 bits per heavy atom. The second-order valence-electron chi connectivity index (χ2n) is 3.26. The van der Waals surface area contributed by atoms with Crippen LogP contribution in [0.1, 0.15) is 25.7 Å². The number of allylic oxidation sites excluding steroid dienone is 2. The van der Waals surface area contributed by atoms with Crippen LogP contribution in [0, 0.1) is 0 Å². The third kappa shape index (κ3) is 25.3. The van der Waals surface area contributed by atoms with E-state index in [9.17, 15) is 19.2 Å². The van der Waals surface area contributed by atoms with Gasteiger partial charge in [-0.05, 0) is 23.2 Å². The molecule has 0 aliphatic heterocycles. The number of hydrogen-bond acceptors (Lipinski definition) is 4. The molecule has 0 unspecified atom stereocenters. The summed E-state index contributed by atoms with van der Waals surface area (Å²) >= 11 is 9.97. The predicted octanol–water partition coefficient (Wildman–Crippen LogP) is 2.35. The van der Waals surface area contributed by atoms with Gasteiger partial charge in [-0.2, -0.15) is 0 Å². The molecule has 0 aromatic carbocycles. The fourth-order valence-corrected chi connectivity index (χ4v) is 0.898. The quantitative estimate of drug-likeness (QED) is 0.524. The first-order chi connectivity index (χ1) is 9.25.